The van der Waals surface area contributed by atoms with E-state index in [1.165, 1.54) is 27.1 Å². The van der Waals surface area contributed by atoms with Crippen LogP contribution in [0.5, 0.6) is 0 Å². The Balaban J connectivity index is 1.70. The van der Waals surface area contributed by atoms with Gasteiger partial charge in [0.2, 0.25) is 0 Å². The van der Waals surface area contributed by atoms with Crippen LogP contribution in [0.3, 0.4) is 0 Å². The van der Waals surface area contributed by atoms with Crippen LogP contribution in [-0.2, 0) is 6.42 Å². The third kappa shape index (κ3) is 2.87. The molecule has 1 aliphatic carbocycles. The first kappa shape index (κ1) is 16.0. The molecule has 2 aromatic carbocycles. The maximum atomic E-state index is 12.8. The van der Waals surface area contributed by atoms with Crippen LogP contribution in [0.2, 0.25) is 0 Å². The maximum Gasteiger partial charge on any atom is 0.189 e. The lowest BCUT2D eigenvalue weighted by Gasteiger charge is -2.07. The van der Waals surface area contributed by atoms with E-state index in [4.69, 9.17) is 0 Å². The van der Waals surface area contributed by atoms with E-state index in [-0.39, 0.29) is 5.78 Å². The summed E-state index contributed by atoms with van der Waals surface area (Å²) < 4.78 is 0. The molecular weight excluding hydrogens is 324 g/mol. The summed E-state index contributed by atoms with van der Waals surface area (Å²) in [4.78, 5) is 14.0. The average Bonchev–Trinajstić information content (AvgIpc) is 3.22. The fraction of sp³-hybridized carbons (Fsp3) is 0.174. The number of hydrogen-bond acceptors (Lipinski definition) is 2. The standard InChI is InChI=1S/C23H20OS/c1-14-9-17(10-15(2)16(14)3)11-20-13-19-12-18(22-5-4-8-25-22)6-7-21(19)23(20)24/h4-12H,13H2,1-3H3/b20-11+. The molecule has 4 rings (SSSR count). The predicted molar refractivity (Wildman–Crippen MR) is 106 cm³/mol. The number of benzene rings is 2. The van der Waals surface area contributed by atoms with E-state index >= 15 is 0 Å². The highest BCUT2D eigenvalue weighted by molar-refractivity contribution is 7.13. The Morgan fingerprint density at radius 3 is 2.44 bits per heavy atom. The van der Waals surface area contributed by atoms with Crippen LogP contribution in [0, 0.1) is 20.8 Å². The number of hydrogen-bond donors (Lipinski definition) is 0. The van der Waals surface area contributed by atoms with Crippen molar-refractivity contribution in [2.75, 3.05) is 0 Å². The number of ketones is 1. The minimum absolute atomic E-state index is 0.170. The molecule has 0 unspecified atom stereocenters. The smallest absolute Gasteiger partial charge is 0.189 e. The summed E-state index contributed by atoms with van der Waals surface area (Å²) in [6, 6.07) is 14.7. The molecule has 0 aliphatic heterocycles. The van der Waals surface area contributed by atoms with Crippen molar-refractivity contribution in [2.45, 2.75) is 27.2 Å². The molecule has 0 saturated heterocycles. The highest BCUT2D eigenvalue weighted by atomic mass is 32.1. The van der Waals surface area contributed by atoms with Gasteiger partial charge in [-0.25, -0.2) is 0 Å². The second kappa shape index (κ2) is 6.12. The minimum atomic E-state index is 0.170. The van der Waals surface area contributed by atoms with Crippen molar-refractivity contribution in [2.24, 2.45) is 0 Å². The molecule has 1 aliphatic rings. The number of allylic oxidation sites excluding steroid dienone is 1. The quantitative estimate of drug-likeness (QED) is 0.509. The predicted octanol–water partition coefficient (Wildman–Crippen LogP) is 6.16. The van der Waals surface area contributed by atoms with Crippen molar-refractivity contribution in [3.63, 3.8) is 0 Å². The van der Waals surface area contributed by atoms with Gasteiger partial charge in [0.25, 0.3) is 0 Å². The lowest BCUT2D eigenvalue weighted by atomic mass is 9.98. The van der Waals surface area contributed by atoms with Gasteiger partial charge in [-0.05, 0) is 77.7 Å². The van der Waals surface area contributed by atoms with Gasteiger partial charge in [0.05, 0.1) is 0 Å². The van der Waals surface area contributed by atoms with Crippen LogP contribution >= 0.6 is 11.3 Å². The molecule has 0 radical (unpaired) electrons. The van der Waals surface area contributed by atoms with Crippen LogP contribution in [-0.4, -0.2) is 5.78 Å². The average molecular weight is 344 g/mol. The molecule has 25 heavy (non-hydrogen) atoms. The topological polar surface area (TPSA) is 17.1 Å². The van der Waals surface area contributed by atoms with Crippen molar-refractivity contribution in [1.82, 2.24) is 0 Å². The largest absolute Gasteiger partial charge is 0.289 e. The second-order valence-corrected chi connectivity index (χ2v) is 7.75. The van der Waals surface area contributed by atoms with Crippen molar-refractivity contribution >= 4 is 23.2 Å². The molecule has 0 atom stereocenters. The fourth-order valence-corrected chi connectivity index (χ4v) is 4.21. The van der Waals surface area contributed by atoms with Crippen molar-refractivity contribution < 1.29 is 4.79 Å². The number of carbonyl (C=O) groups excluding carboxylic acids is 1. The number of aryl methyl sites for hydroxylation is 2. The van der Waals surface area contributed by atoms with E-state index in [1.807, 2.05) is 6.07 Å². The van der Waals surface area contributed by atoms with Crippen molar-refractivity contribution in [3.8, 4) is 10.4 Å². The molecule has 0 amide bonds. The molecule has 0 fully saturated rings. The molecule has 0 saturated carbocycles. The summed E-state index contributed by atoms with van der Waals surface area (Å²) in [6.07, 6.45) is 2.78. The lowest BCUT2D eigenvalue weighted by Crippen LogP contribution is -1.96. The van der Waals surface area contributed by atoms with Gasteiger partial charge in [-0.1, -0.05) is 30.3 Å². The third-order valence-corrected chi connectivity index (χ3v) is 6.04. The first-order valence-electron chi connectivity index (χ1n) is 8.53. The number of thiophene rings is 1. The lowest BCUT2D eigenvalue weighted by molar-refractivity contribution is 0.104. The van der Waals surface area contributed by atoms with Crippen molar-refractivity contribution in [1.29, 1.82) is 0 Å². The normalized spacial score (nSPS) is 15.0. The van der Waals surface area contributed by atoms with Gasteiger partial charge in [0.1, 0.15) is 0 Å². The SMILES string of the molecule is Cc1cc(/C=C2\Cc3cc(-c4cccs4)ccc3C2=O)cc(C)c1C. The number of carbonyl (C=O) groups is 1. The first-order valence-corrected chi connectivity index (χ1v) is 9.41. The highest BCUT2D eigenvalue weighted by Crippen LogP contribution is 2.33. The van der Waals surface area contributed by atoms with Gasteiger partial charge in [0, 0.05) is 22.4 Å². The Labute approximate surface area is 152 Å². The summed E-state index contributed by atoms with van der Waals surface area (Å²) in [6.45, 7) is 6.40. The molecule has 2 heteroatoms. The van der Waals surface area contributed by atoms with E-state index < -0.39 is 0 Å². The Morgan fingerprint density at radius 2 is 1.76 bits per heavy atom. The fourth-order valence-electron chi connectivity index (χ4n) is 3.49. The number of Topliss-reactive ketones (excluding diaryl/α,β-unsaturated/α-hetero) is 1. The summed E-state index contributed by atoms with van der Waals surface area (Å²) in [5.74, 6) is 0.170. The van der Waals surface area contributed by atoms with E-state index in [0.717, 1.165) is 28.7 Å². The van der Waals surface area contributed by atoms with E-state index in [1.54, 1.807) is 11.3 Å². The zero-order valence-corrected chi connectivity index (χ0v) is 15.5. The van der Waals surface area contributed by atoms with Gasteiger partial charge in [-0.3, -0.25) is 4.79 Å². The van der Waals surface area contributed by atoms with Gasteiger partial charge in [-0.15, -0.1) is 11.3 Å². The molecule has 124 valence electrons. The van der Waals surface area contributed by atoms with Crippen LogP contribution in [0.25, 0.3) is 16.5 Å². The first-order chi connectivity index (χ1) is 12.0. The van der Waals surface area contributed by atoms with Gasteiger partial charge in [0.15, 0.2) is 5.78 Å². The Hall–Kier alpha value is -2.45. The third-order valence-electron chi connectivity index (χ3n) is 5.12. The highest BCUT2D eigenvalue weighted by Gasteiger charge is 2.25. The second-order valence-electron chi connectivity index (χ2n) is 6.80. The van der Waals surface area contributed by atoms with Crippen LogP contribution in [0.15, 0.2) is 53.4 Å². The van der Waals surface area contributed by atoms with E-state index in [0.29, 0.717) is 0 Å². The maximum absolute atomic E-state index is 12.8. The Kier molecular flexibility index (Phi) is 3.93. The molecule has 0 spiro atoms. The Bertz CT molecular complexity index is 984. The van der Waals surface area contributed by atoms with Crippen LogP contribution in [0.4, 0.5) is 0 Å². The summed E-state index contributed by atoms with van der Waals surface area (Å²) in [7, 11) is 0. The van der Waals surface area contributed by atoms with Gasteiger partial charge >= 0.3 is 0 Å². The zero-order valence-electron chi connectivity index (χ0n) is 14.7. The molecular formula is C23H20OS. The summed E-state index contributed by atoms with van der Waals surface area (Å²) >= 11 is 1.73. The Morgan fingerprint density at radius 1 is 1.00 bits per heavy atom. The van der Waals surface area contributed by atoms with Crippen molar-refractivity contribution in [3.05, 3.63) is 86.8 Å². The van der Waals surface area contributed by atoms with Crippen LogP contribution < -0.4 is 0 Å². The number of fused-ring (bicyclic) bond motifs is 1. The molecule has 1 heterocycles. The molecule has 1 aromatic heterocycles. The molecule has 1 nitrogen and oxygen atoms in total. The monoisotopic (exact) mass is 344 g/mol. The minimum Gasteiger partial charge on any atom is -0.289 e. The zero-order chi connectivity index (χ0) is 17.6. The molecule has 0 bridgehead atoms. The van der Waals surface area contributed by atoms with E-state index in [2.05, 4.69) is 68.6 Å². The summed E-state index contributed by atoms with van der Waals surface area (Å²) in [5.41, 5.74) is 9.07. The van der Waals surface area contributed by atoms with Crippen LogP contribution in [0.1, 0.15) is 38.2 Å². The summed E-state index contributed by atoms with van der Waals surface area (Å²) in [5, 5.41) is 2.08. The van der Waals surface area contributed by atoms with Gasteiger partial charge in [-0.2, -0.15) is 0 Å². The van der Waals surface area contributed by atoms with E-state index in [9.17, 15) is 4.79 Å². The number of rotatable bonds is 2. The molecule has 0 N–H and O–H groups in total. The van der Waals surface area contributed by atoms with Gasteiger partial charge < -0.3 is 0 Å². The molecule has 3 aromatic rings.